The molecule has 2 fully saturated rings. The Morgan fingerprint density at radius 3 is 2.50 bits per heavy atom. The summed E-state index contributed by atoms with van der Waals surface area (Å²) >= 11 is 0. The summed E-state index contributed by atoms with van der Waals surface area (Å²) in [6.45, 7) is 5.69. The van der Waals surface area contributed by atoms with Crippen LogP contribution in [0.4, 0.5) is 4.79 Å². The van der Waals surface area contributed by atoms with Crippen molar-refractivity contribution >= 4 is 17.8 Å². The van der Waals surface area contributed by atoms with Gasteiger partial charge >= 0.3 is 6.09 Å². The van der Waals surface area contributed by atoms with Crippen LogP contribution in [0.25, 0.3) is 0 Å². The Labute approximate surface area is 223 Å². The van der Waals surface area contributed by atoms with Crippen LogP contribution < -0.4 is 10.6 Å². The van der Waals surface area contributed by atoms with Crippen molar-refractivity contribution in [1.82, 2.24) is 15.5 Å². The van der Waals surface area contributed by atoms with Crippen molar-refractivity contribution in [2.45, 2.75) is 57.5 Å². The molecule has 9 heteroatoms. The number of alkyl carbamates (subject to hydrolysis) is 1. The summed E-state index contributed by atoms with van der Waals surface area (Å²) in [5, 5.41) is 6.23. The summed E-state index contributed by atoms with van der Waals surface area (Å²) in [6, 6.07) is 9.18. The monoisotopic (exact) mass is 523 g/mol. The van der Waals surface area contributed by atoms with Crippen molar-refractivity contribution in [3.63, 3.8) is 0 Å². The lowest BCUT2D eigenvalue weighted by Crippen LogP contribution is -2.53. The minimum atomic E-state index is -0.597. The molecule has 2 heterocycles. The predicted octanol–water partition coefficient (Wildman–Crippen LogP) is 2.88. The van der Waals surface area contributed by atoms with Gasteiger partial charge in [-0.3, -0.25) is 9.59 Å². The molecule has 1 aromatic rings. The molecule has 0 aromatic heterocycles. The zero-order valence-electron chi connectivity index (χ0n) is 22.4. The van der Waals surface area contributed by atoms with E-state index in [1.165, 1.54) is 0 Å². The first-order valence-electron chi connectivity index (χ1n) is 13.1. The number of nitrogens with zero attached hydrogens (tertiary/aromatic N) is 1. The van der Waals surface area contributed by atoms with Gasteiger partial charge in [-0.05, 0) is 36.5 Å². The van der Waals surface area contributed by atoms with Crippen molar-refractivity contribution in [2.24, 2.45) is 5.92 Å². The molecule has 5 rings (SSSR count). The van der Waals surface area contributed by atoms with Gasteiger partial charge in [0.2, 0.25) is 5.91 Å². The van der Waals surface area contributed by atoms with E-state index in [9.17, 15) is 14.4 Å². The van der Waals surface area contributed by atoms with E-state index in [1.54, 1.807) is 32.4 Å². The summed E-state index contributed by atoms with van der Waals surface area (Å²) in [5.74, 6) is 1.00. The number of Topliss-reactive ketones (excluding diaryl/α,β-unsaturated/α-hetero) is 1. The van der Waals surface area contributed by atoms with E-state index in [4.69, 9.17) is 14.2 Å². The molecule has 2 bridgehead atoms. The second-order valence-electron chi connectivity index (χ2n) is 10.2. The maximum absolute atomic E-state index is 13.3. The van der Waals surface area contributed by atoms with Gasteiger partial charge in [-0.25, -0.2) is 4.79 Å². The number of fused-ring (bicyclic) bond motifs is 3. The highest BCUT2D eigenvalue weighted by molar-refractivity contribution is 6.18. The molecule has 2 N–H and O–H groups in total. The van der Waals surface area contributed by atoms with Gasteiger partial charge < -0.3 is 29.7 Å². The van der Waals surface area contributed by atoms with Crippen LogP contribution >= 0.6 is 0 Å². The topological polar surface area (TPSA) is 106 Å². The highest BCUT2D eigenvalue weighted by Gasteiger charge is 2.47. The van der Waals surface area contributed by atoms with Gasteiger partial charge in [-0.1, -0.05) is 50.3 Å². The standard InChI is InChI=1S/C21H31N3O4.C8H6O2/c1-14(2)11-17(23-21(26)28-13-15-7-5-4-6-8-15)20(25)24-10-9-16-19(24)18(27-3)12-22-16;1-10-7-4-5-2-3-6(7)8(5)9/h4-8,14,16-19,22H,9-13H2,1-3H3,(H,23,26);2-4H,1H3/t16?,17-,18?,19?;/m0./s1. The average Bonchev–Trinajstić information content (AvgIpc) is 3.68. The molecule has 2 amide bonds. The summed E-state index contributed by atoms with van der Waals surface area (Å²) < 4.78 is 15.8. The van der Waals surface area contributed by atoms with Crippen LogP contribution in [0.5, 0.6) is 0 Å². The predicted molar refractivity (Wildman–Crippen MR) is 142 cm³/mol. The van der Waals surface area contributed by atoms with Crippen molar-refractivity contribution in [2.75, 3.05) is 27.3 Å². The molecule has 4 atom stereocenters. The summed E-state index contributed by atoms with van der Waals surface area (Å²) in [6.07, 6.45) is 6.25. The van der Waals surface area contributed by atoms with Gasteiger partial charge in [-0.2, -0.15) is 0 Å². The quantitative estimate of drug-likeness (QED) is 0.540. The Hall–Kier alpha value is -3.43. The largest absolute Gasteiger partial charge is 0.496 e. The smallest absolute Gasteiger partial charge is 0.408 e. The molecule has 2 saturated heterocycles. The Balaban J connectivity index is 0.000000278. The van der Waals surface area contributed by atoms with Crippen LogP contribution in [0.3, 0.4) is 0 Å². The maximum Gasteiger partial charge on any atom is 0.408 e. The number of rotatable bonds is 8. The molecule has 9 nitrogen and oxygen atoms in total. The Morgan fingerprint density at radius 1 is 1.16 bits per heavy atom. The van der Waals surface area contributed by atoms with E-state index >= 15 is 0 Å². The van der Waals surface area contributed by atoms with Crippen LogP contribution in [-0.2, 0) is 30.4 Å². The van der Waals surface area contributed by atoms with Crippen LogP contribution in [0, 0.1) is 5.92 Å². The number of carbonyl (C=O) groups excluding carboxylic acids is 3. The van der Waals surface area contributed by atoms with Gasteiger partial charge in [0, 0.05) is 31.8 Å². The third-order valence-corrected chi connectivity index (χ3v) is 7.22. The van der Waals surface area contributed by atoms with Gasteiger partial charge in [0.15, 0.2) is 5.78 Å². The van der Waals surface area contributed by atoms with E-state index < -0.39 is 12.1 Å². The highest BCUT2D eigenvalue weighted by atomic mass is 16.5. The zero-order valence-corrected chi connectivity index (χ0v) is 22.4. The zero-order chi connectivity index (χ0) is 27.2. The lowest BCUT2D eigenvalue weighted by atomic mass is 10.0. The number of likely N-dealkylation sites (tertiary alicyclic amines) is 1. The molecule has 0 saturated carbocycles. The number of hydrogen-bond donors (Lipinski definition) is 2. The lowest BCUT2D eigenvalue weighted by molar-refractivity contribution is -0.136. The number of carbonyl (C=O) groups is 3. The van der Waals surface area contributed by atoms with E-state index in [0.717, 1.165) is 24.1 Å². The molecule has 2 aliphatic carbocycles. The van der Waals surface area contributed by atoms with Crippen molar-refractivity contribution in [3.8, 4) is 0 Å². The Bertz CT molecular complexity index is 1130. The number of ether oxygens (including phenoxy) is 3. The number of nitrogens with one attached hydrogen (secondary N) is 2. The SMILES string of the molecule is COC1=C2C=CC(=C1)C2=O.COC1CNC2CCN(C(=O)[C@H](CC(C)C)NC(=O)OCc3ccccc3)C21. The second kappa shape index (κ2) is 12.4. The Morgan fingerprint density at radius 2 is 1.92 bits per heavy atom. The molecule has 204 valence electrons. The number of ketones is 1. The number of benzene rings is 1. The molecule has 2 aliphatic heterocycles. The van der Waals surface area contributed by atoms with E-state index in [0.29, 0.717) is 24.3 Å². The van der Waals surface area contributed by atoms with Crippen LogP contribution in [-0.4, -0.2) is 74.2 Å². The molecule has 1 aromatic carbocycles. The van der Waals surface area contributed by atoms with Gasteiger partial charge in [-0.15, -0.1) is 0 Å². The average molecular weight is 524 g/mol. The minimum Gasteiger partial charge on any atom is -0.496 e. The number of allylic oxidation sites excluding steroid dienone is 5. The lowest BCUT2D eigenvalue weighted by Gasteiger charge is -2.31. The van der Waals surface area contributed by atoms with Crippen molar-refractivity contribution in [3.05, 3.63) is 71.0 Å². The number of methoxy groups -OCH3 is 2. The number of hydrogen-bond acceptors (Lipinski definition) is 7. The first-order valence-corrected chi connectivity index (χ1v) is 13.1. The van der Waals surface area contributed by atoms with E-state index in [-0.39, 0.29) is 42.4 Å². The van der Waals surface area contributed by atoms with Crippen LogP contribution in [0.2, 0.25) is 0 Å². The third-order valence-electron chi connectivity index (χ3n) is 7.22. The Kier molecular flexibility index (Phi) is 9.01. The van der Waals surface area contributed by atoms with Gasteiger partial charge in [0.25, 0.3) is 0 Å². The van der Waals surface area contributed by atoms with E-state index in [1.807, 2.05) is 49.1 Å². The molecular formula is C29H37N3O6. The molecular weight excluding hydrogens is 486 g/mol. The molecule has 38 heavy (non-hydrogen) atoms. The maximum atomic E-state index is 13.3. The molecule has 0 radical (unpaired) electrons. The fourth-order valence-corrected chi connectivity index (χ4v) is 5.34. The van der Waals surface area contributed by atoms with Crippen molar-refractivity contribution < 1.29 is 28.6 Å². The van der Waals surface area contributed by atoms with Crippen LogP contribution in [0.15, 0.2) is 65.5 Å². The molecule has 3 unspecified atom stereocenters. The van der Waals surface area contributed by atoms with Gasteiger partial charge in [0.1, 0.15) is 18.4 Å². The summed E-state index contributed by atoms with van der Waals surface area (Å²) in [7, 11) is 3.25. The van der Waals surface area contributed by atoms with Gasteiger partial charge in [0.05, 0.1) is 24.8 Å². The number of amides is 2. The van der Waals surface area contributed by atoms with E-state index in [2.05, 4.69) is 10.6 Å². The van der Waals surface area contributed by atoms with Crippen molar-refractivity contribution in [1.29, 1.82) is 0 Å². The fraction of sp³-hybridized carbons (Fsp3) is 0.483. The minimum absolute atomic E-state index is 0.0128. The van der Waals surface area contributed by atoms with Crippen LogP contribution in [0.1, 0.15) is 32.3 Å². The summed E-state index contributed by atoms with van der Waals surface area (Å²) in [4.78, 5) is 38.5. The normalized spacial score (nSPS) is 23.7. The fourth-order valence-electron chi connectivity index (χ4n) is 5.34. The highest BCUT2D eigenvalue weighted by Crippen LogP contribution is 2.30. The first-order chi connectivity index (χ1) is 18.3. The molecule has 4 aliphatic rings. The first kappa shape index (κ1) is 27.6. The summed E-state index contributed by atoms with van der Waals surface area (Å²) in [5.41, 5.74) is 2.34. The third kappa shape index (κ3) is 6.16. The second-order valence-corrected chi connectivity index (χ2v) is 10.2. The molecule has 0 spiro atoms.